The first-order chi connectivity index (χ1) is 9.86. The lowest BCUT2D eigenvalue weighted by Crippen LogP contribution is -2.57. The Morgan fingerprint density at radius 1 is 1.29 bits per heavy atom. The van der Waals surface area contributed by atoms with Crippen LogP contribution in [0.2, 0.25) is 0 Å². The van der Waals surface area contributed by atoms with E-state index in [1.54, 1.807) is 0 Å². The molecule has 1 heterocycles. The summed E-state index contributed by atoms with van der Waals surface area (Å²) in [6.45, 7) is 3.77. The number of sulfone groups is 1. The van der Waals surface area contributed by atoms with Gasteiger partial charge in [0, 0.05) is 6.04 Å². The molecule has 116 valence electrons. The van der Waals surface area contributed by atoms with Gasteiger partial charge in [-0.15, -0.1) is 0 Å². The van der Waals surface area contributed by atoms with Crippen molar-refractivity contribution in [3.05, 3.63) is 35.9 Å². The summed E-state index contributed by atoms with van der Waals surface area (Å²) in [5.74, 6) is -0.806. The van der Waals surface area contributed by atoms with Gasteiger partial charge in [-0.3, -0.25) is 10.1 Å². The highest BCUT2D eigenvalue weighted by Gasteiger charge is 2.45. The molecule has 1 aromatic carbocycles. The first-order valence-electron chi connectivity index (χ1n) is 6.97. The van der Waals surface area contributed by atoms with Crippen molar-refractivity contribution >= 4 is 15.8 Å². The minimum absolute atomic E-state index is 0.0497. The van der Waals surface area contributed by atoms with Crippen LogP contribution in [0, 0.1) is 5.92 Å². The van der Waals surface area contributed by atoms with Crippen LogP contribution in [0.15, 0.2) is 30.3 Å². The van der Waals surface area contributed by atoms with Gasteiger partial charge in [0.2, 0.25) is 0 Å². The van der Waals surface area contributed by atoms with Gasteiger partial charge in [0.25, 0.3) is 0 Å². The van der Waals surface area contributed by atoms with Crippen molar-refractivity contribution in [3.8, 4) is 0 Å². The second-order valence-corrected chi connectivity index (χ2v) is 7.87. The molecule has 2 rings (SSSR count). The molecule has 6 heteroatoms. The van der Waals surface area contributed by atoms with Gasteiger partial charge >= 0.3 is 5.97 Å². The SMILES string of the molecule is COC(=O)C1CS(=O)(=O)C(C(C)C)C(c2ccccc2)N1. The topological polar surface area (TPSA) is 72.5 Å². The standard InChI is InChI=1S/C15H21NO4S/c1-10(2)14-13(11-7-5-4-6-8-11)16-12(15(17)20-3)9-21(14,18)19/h4-8,10,12-14,16H,9H2,1-3H3. The molecule has 1 aliphatic heterocycles. The van der Waals surface area contributed by atoms with Gasteiger partial charge in [-0.25, -0.2) is 8.42 Å². The number of nitrogens with one attached hydrogen (secondary N) is 1. The fourth-order valence-electron chi connectivity index (χ4n) is 2.93. The molecular weight excluding hydrogens is 290 g/mol. The molecule has 0 aromatic heterocycles. The van der Waals surface area contributed by atoms with Crippen molar-refractivity contribution in [2.24, 2.45) is 5.92 Å². The molecule has 0 bridgehead atoms. The lowest BCUT2D eigenvalue weighted by atomic mass is 9.95. The van der Waals surface area contributed by atoms with E-state index in [2.05, 4.69) is 5.32 Å². The Morgan fingerprint density at radius 2 is 1.90 bits per heavy atom. The largest absolute Gasteiger partial charge is 0.468 e. The quantitative estimate of drug-likeness (QED) is 0.852. The van der Waals surface area contributed by atoms with E-state index < -0.39 is 33.1 Å². The summed E-state index contributed by atoms with van der Waals surface area (Å²) in [4.78, 5) is 11.8. The number of rotatable bonds is 3. The van der Waals surface area contributed by atoms with Gasteiger partial charge in [0.15, 0.2) is 9.84 Å². The second-order valence-electron chi connectivity index (χ2n) is 5.67. The minimum Gasteiger partial charge on any atom is -0.468 e. The highest BCUT2D eigenvalue weighted by molar-refractivity contribution is 7.92. The van der Waals surface area contributed by atoms with Crippen molar-refractivity contribution < 1.29 is 17.9 Å². The minimum atomic E-state index is -3.39. The number of methoxy groups -OCH3 is 1. The molecule has 0 saturated carbocycles. The maximum atomic E-state index is 12.6. The zero-order chi connectivity index (χ0) is 15.6. The zero-order valence-electron chi connectivity index (χ0n) is 12.4. The van der Waals surface area contributed by atoms with E-state index in [0.29, 0.717) is 0 Å². The summed E-state index contributed by atoms with van der Waals surface area (Å²) in [6.07, 6.45) is 0. The first-order valence-corrected chi connectivity index (χ1v) is 8.68. The van der Waals surface area contributed by atoms with Gasteiger partial charge in [-0.05, 0) is 11.5 Å². The van der Waals surface area contributed by atoms with Gasteiger partial charge < -0.3 is 4.74 Å². The van der Waals surface area contributed by atoms with E-state index in [1.165, 1.54) is 7.11 Å². The molecule has 0 aliphatic carbocycles. The van der Waals surface area contributed by atoms with Crippen LogP contribution in [0.5, 0.6) is 0 Å². The fraction of sp³-hybridized carbons (Fsp3) is 0.533. The molecule has 1 aromatic rings. The number of carbonyl (C=O) groups is 1. The van der Waals surface area contributed by atoms with Crippen LogP contribution in [-0.4, -0.2) is 38.5 Å². The third kappa shape index (κ3) is 3.27. The van der Waals surface area contributed by atoms with Gasteiger partial charge in [-0.2, -0.15) is 0 Å². The van der Waals surface area contributed by atoms with Gasteiger partial charge in [0.05, 0.1) is 18.1 Å². The molecule has 0 radical (unpaired) electrons. The van der Waals surface area contributed by atoms with E-state index in [1.807, 2.05) is 44.2 Å². The van der Waals surface area contributed by atoms with Crippen LogP contribution < -0.4 is 5.32 Å². The number of hydrogen-bond donors (Lipinski definition) is 1. The molecule has 21 heavy (non-hydrogen) atoms. The summed E-state index contributed by atoms with van der Waals surface area (Å²) < 4.78 is 29.9. The van der Waals surface area contributed by atoms with Crippen molar-refractivity contribution in [3.63, 3.8) is 0 Å². The van der Waals surface area contributed by atoms with E-state index >= 15 is 0 Å². The second kappa shape index (κ2) is 6.15. The predicted octanol–water partition coefficient (Wildman–Crippen LogP) is 1.31. The van der Waals surface area contributed by atoms with Crippen molar-refractivity contribution in [2.75, 3.05) is 12.9 Å². The highest BCUT2D eigenvalue weighted by atomic mass is 32.2. The number of ether oxygens (including phenoxy) is 1. The summed E-state index contributed by atoms with van der Waals surface area (Å²) in [7, 11) is -2.12. The summed E-state index contributed by atoms with van der Waals surface area (Å²) in [5, 5.41) is 2.60. The van der Waals surface area contributed by atoms with Crippen molar-refractivity contribution in [1.82, 2.24) is 5.32 Å². The Balaban J connectivity index is 2.43. The molecule has 1 N–H and O–H groups in total. The molecule has 1 aliphatic rings. The molecular formula is C15H21NO4S. The van der Waals surface area contributed by atoms with Crippen LogP contribution in [0.3, 0.4) is 0 Å². The predicted molar refractivity (Wildman–Crippen MR) is 80.5 cm³/mol. The fourth-order valence-corrected chi connectivity index (χ4v) is 5.33. The average molecular weight is 311 g/mol. The molecule has 3 atom stereocenters. The Morgan fingerprint density at radius 3 is 2.43 bits per heavy atom. The first kappa shape index (κ1) is 16.0. The number of benzene rings is 1. The highest BCUT2D eigenvalue weighted by Crippen LogP contribution is 2.32. The van der Waals surface area contributed by atoms with Crippen LogP contribution in [0.1, 0.15) is 25.5 Å². The molecule has 1 fully saturated rings. The Labute approximate surface area is 125 Å². The van der Waals surface area contributed by atoms with E-state index in [9.17, 15) is 13.2 Å². The molecule has 3 unspecified atom stereocenters. The summed E-state index contributed by atoms with van der Waals surface area (Å²) in [5.41, 5.74) is 0.869. The summed E-state index contributed by atoms with van der Waals surface area (Å²) >= 11 is 0. The third-order valence-electron chi connectivity index (χ3n) is 3.82. The van der Waals surface area contributed by atoms with Crippen molar-refractivity contribution in [2.45, 2.75) is 31.2 Å². The van der Waals surface area contributed by atoms with Gasteiger partial charge in [0.1, 0.15) is 6.04 Å². The maximum absolute atomic E-state index is 12.6. The molecule has 0 amide bonds. The van der Waals surface area contributed by atoms with Crippen LogP contribution in [0.25, 0.3) is 0 Å². The Bertz CT molecular complexity index is 597. The Kier molecular flexibility index (Phi) is 4.68. The molecule has 0 spiro atoms. The van der Waals surface area contributed by atoms with E-state index in [4.69, 9.17) is 4.74 Å². The normalized spacial score (nSPS) is 28.3. The lowest BCUT2D eigenvalue weighted by molar-refractivity contribution is -0.142. The van der Waals surface area contributed by atoms with Crippen LogP contribution >= 0.6 is 0 Å². The number of carbonyl (C=O) groups excluding carboxylic acids is 1. The van der Waals surface area contributed by atoms with Gasteiger partial charge in [-0.1, -0.05) is 44.2 Å². The van der Waals surface area contributed by atoms with Crippen molar-refractivity contribution in [1.29, 1.82) is 0 Å². The summed E-state index contributed by atoms with van der Waals surface area (Å²) in [6, 6.07) is 8.13. The van der Waals surface area contributed by atoms with Crippen LogP contribution in [0.4, 0.5) is 0 Å². The number of hydrogen-bond acceptors (Lipinski definition) is 5. The smallest absolute Gasteiger partial charge is 0.323 e. The number of esters is 1. The maximum Gasteiger partial charge on any atom is 0.323 e. The Hall–Kier alpha value is -1.40. The van der Waals surface area contributed by atoms with Crippen LogP contribution in [-0.2, 0) is 19.4 Å². The molecule has 1 saturated heterocycles. The lowest BCUT2D eigenvalue weighted by Gasteiger charge is -2.38. The monoisotopic (exact) mass is 311 g/mol. The molecule has 5 nitrogen and oxygen atoms in total. The third-order valence-corrected chi connectivity index (χ3v) is 6.27. The van der Waals surface area contributed by atoms with E-state index in [-0.39, 0.29) is 11.7 Å². The average Bonchev–Trinajstić information content (AvgIpc) is 2.45. The van der Waals surface area contributed by atoms with E-state index in [0.717, 1.165) is 5.56 Å². The zero-order valence-corrected chi connectivity index (χ0v) is 13.3.